The summed E-state index contributed by atoms with van der Waals surface area (Å²) in [6.45, 7) is 10.8. The van der Waals surface area contributed by atoms with Gasteiger partial charge in [0.15, 0.2) is 0 Å². The fourth-order valence-electron chi connectivity index (χ4n) is 6.98. The Kier molecular flexibility index (Phi) is 3.86. The summed E-state index contributed by atoms with van der Waals surface area (Å²) in [5.41, 5.74) is 11.0. The van der Waals surface area contributed by atoms with Gasteiger partial charge in [0, 0.05) is 28.6 Å². The van der Waals surface area contributed by atoms with E-state index in [9.17, 15) is 0 Å². The highest BCUT2D eigenvalue weighted by atomic mass is 15.2. The summed E-state index contributed by atoms with van der Waals surface area (Å²) < 4.78 is 0. The second-order valence-corrected chi connectivity index (χ2v) is 11.1. The van der Waals surface area contributed by atoms with Crippen molar-refractivity contribution in [1.29, 1.82) is 0 Å². The molecule has 2 bridgehead atoms. The van der Waals surface area contributed by atoms with Crippen LogP contribution in [0, 0.1) is 6.92 Å². The molecule has 3 fully saturated rings. The smallest absolute Gasteiger partial charge is 0.0375 e. The lowest BCUT2D eigenvalue weighted by Gasteiger charge is -2.60. The van der Waals surface area contributed by atoms with Gasteiger partial charge in [0.1, 0.15) is 0 Å². The van der Waals surface area contributed by atoms with Crippen LogP contribution in [0.15, 0.2) is 66.7 Å². The van der Waals surface area contributed by atoms with E-state index in [1.54, 1.807) is 5.56 Å². The van der Waals surface area contributed by atoms with Crippen LogP contribution < -0.4 is 4.90 Å². The normalized spacial score (nSPS) is 27.8. The van der Waals surface area contributed by atoms with Gasteiger partial charge in [-0.05, 0) is 91.1 Å². The van der Waals surface area contributed by atoms with Crippen LogP contribution in [0.3, 0.4) is 0 Å². The Morgan fingerprint density at radius 2 is 1.35 bits per heavy atom. The molecule has 158 valence electrons. The molecule has 3 aromatic rings. The van der Waals surface area contributed by atoms with E-state index in [0.717, 1.165) is 6.54 Å². The highest BCUT2D eigenvalue weighted by molar-refractivity contribution is 5.82. The predicted molar refractivity (Wildman–Crippen MR) is 131 cm³/mol. The van der Waals surface area contributed by atoms with E-state index in [1.807, 2.05) is 0 Å². The molecule has 0 N–H and O–H groups in total. The zero-order valence-electron chi connectivity index (χ0n) is 19.3. The maximum Gasteiger partial charge on any atom is 0.0375 e. The van der Waals surface area contributed by atoms with Gasteiger partial charge in [0.2, 0.25) is 0 Å². The molecule has 7 rings (SSSR count). The number of benzene rings is 3. The molecule has 3 aromatic carbocycles. The zero-order chi connectivity index (χ0) is 21.4. The number of para-hydroxylation sites is 1. The van der Waals surface area contributed by atoms with Crippen LogP contribution in [0.4, 0.5) is 5.69 Å². The van der Waals surface area contributed by atoms with Crippen molar-refractivity contribution in [2.24, 2.45) is 0 Å². The third-order valence-corrected chi connectivity index (χ3v) is 8.96. The molecule has 0 spiro atoms. The first kappa shape index (κ1) is 19.2. The Hall–Kier alpha value is -2.54. The molecule has 2 saturated heterocycles. The summed E-state index contributed by atoms with van der Waals surface area (Å²) in [6, 6.07) is 25.3. The summed E-state index contributed by atoms with van der Waals surface area (Å²) in [6.07, 6.45) is 5.16. The third-order valence-electron chi connectivity index (χ3n) is 8.96. The fraction of sp³-hybridized carbons (Fsp3) is 0.400. The average molecular weight is 408 g/mol. The lowest BCUT2D eigenvalue weighted by atomic mass is 9.58. The number of nitrogens with zero attached hydrogens (tertiary/aromatic N) is 1. The first-order valence-corrected chi connectivity index (χ1v) is 11.9. The highest BCUT2D eigenvalue weighted by Gasteiger charge is 2.52. The monoisotopic (exact) mass is 407 g/mol. The first-order chi connectivity index (χ1) is 14.8. The van der Waals surface area contributed by atoms with Gasteiger partial charge < -0.3 is 4.90 Å². The van der Waals surface area contributed by atoms with Crippen molar-refractivity contribution in [3.8, 4) is 11.1 Å². The van der Waals surface area contributed by atoms with Gasteiger partial charge in [-0.2, -0.15) is 0 Å². The summed E-state index contributed by atoms with van der Waals surface area (Å²) in [5, 5.41) is 0. The summed E-state index contributed by atoms with van der Waals surface area (Å²) in [5.74, 6) is 0. The fourth-order valence-corrected chi connectivity index (χ4v) is 6.98. The maximum atomic E-state index is 2.73. The Labute approximate surface area is 187 Å². The molecular weight excluding hydrogens is 374 g/mol. The summed E-state index contributed by atoms with van der Waals surface area (Å²) in [7, 11) is 0. The molecule has 0 unspecified atom stereocenters. The van der Waals surface area contributed by atoms with Crippen molar-refractivity contribution in [2.75, 3.05) is 11.4 Å². The Bertz CT molecular complexity index is 1160. The molecule has 0 aromatic heterocycles. The van der Waals surface area contributed by atoms with Gasteiger partial charge >= 0.3 is 0 Å². The molecule has 2 aliphatic heterocycles. The molecule has 2 aliphatic carbocycles. The number of anilines is 1. The van der Waals surface area contributed by atoms with Crippen LogP contribution in [0.2, 0.25) is 0 Å². The predicted octanol–water partition coefficient (Wildman–Crippen LogP) is 7.39. The van der Waals surface area contributed by atoms with E-state index in [-0.39, 0.29) is 10.8 Å². The van der Waals surface area contributed by atoms with Crippen LogP contribution in [-0.4, -0.2) is 12.1 Å². The van der Waals surface area contributed by atoms with Crippen molar-refractivity contribution in [3.05, 3.63) is 89.0 Å². The van der Waals surface area contributed by atoms with Crippen LogP contribution in [-0.2, 0) is 10.8 Å². The number of piperidine rings is 2. The number of hydrogen-bond donors (Lipinski definition) is 0. The molecule has 1 nitrogen and oxygen atoms in total. The molecule has 0 atom stereocenters. The minimum Gasteiger partial charge on any atom is -0.365 e. The standard InChI is InChI=1S/C30H33N/c1-21-18-27-24(23-12-8-9-13-25(23)28(27,2)3)19-26(21)30-16-14-29(4,15-17-30)31(20-30)22-10-6-5-7-11-22/h5-13,18-19H,14-17,20H2,1-4H3. The van der Waals surface area contributed by atoms with Gasteiger partial charge in [0.05, 0.1) is 0 Å². The highest BCUT2D eigenvalue weighted by Crippen LogP contribution is 2.56. The van der Waals surface area contributed by atoms with Crippen LogP contribution in [0.1, 0.15) is 68.7 Å². The van der Waals surface area contributed by atoms with Crippen LogP contribution in [0.5, 0.6) is 0 Å². The van der Waals surface area contributed by atoms with Crippen LogP contribution >= 0.6 is 0 Å². The Morgan fingerprint density at radius 3 is 2.10 bits per heavy atom. The minimum atomic E-state index is 0.0840. The largest absolute Gasteiger partial charge is 0.365 e. The van der Waals surface area contributed by atoms with Gasteiger partial charge in [-0.25, -0.2) is 0 Å². The van der Waals surface area contributed by atoms with E-state index >= 15 is 0 Å². The molecule has 1 saturated carbocycles. The Balaban J connectivity index is 1.49. The lowest BCUT2D eigenvalue weighted by Crippen LogP contribution is -2.63. The van der Waals surface area contributed by atoms with Crippen molar-refractivity contribution >= 4 is 5.69 Å². The second kappa shape index (κ2) is 6.25. The van der Waals surface area contributed by atoms with Crippen molar-refractivity contribution < 1.29 is 0 Å². The molecule has 31 heavy (non-hydrogen) atoms. The number of fused-ring (bicyclic) bond motifs is 6. The van der Waals surface area contributed by atoms with Crippen LogP contribution in [0.25, 0.3) is 11.1 Å². The minimum absolute atomic E-state index is 0.0840. The van der Waals surface area contributed by atoms with Gasteiger partial charge in [-0.3, -0.25) is 0 Å². The number of hydrogen-bond acceptors (Lipinski definition) is 1. The zero-order valence-corrected chi connectivity index (χ0v) is 19.3. The molecule has 4 aliphatic rings. The van der Waals surface area contributed by atoms with Gasteiger partial charge in [0.25, 0.3) is 0 Å². The van der Waals surface area contributed by atoms with E-state index < -0.39 is 0 Å². The van der Waals surface area contributed by atoms with Crippen molar-refractivity contribution in [2.45, 2.75) is 69.7 Å². The topological polar surface area (TPSA) is 3.24 Å². The summed E-state index contributed by atoms with van der Waals surface area (Å²) >= 11 is 0. The van der Waals surface area contributed by atoms with Crippen molar-refractivity contribution in [1.82, 2.24) is 0 Å². The average Bonchev–Trinajstić information content (AvgIpc) is 3.01. The number of rotatable bonds is 2. The lowest BCUT2D eigenvalue weighted by molar-refractivity contribution is 0.140. The third kappa shape index (κ3) is 2.56. The molecule has 0 amide bonds. The van der Waals surface area contributed by atoms with E-state index in [4.69, 9.17) is 0 Å². The molecular formula is C30H33N. The first-order valence-electron chi connectivity index (χ1n) is 11.9. The Morgan fingerprint density at radius 1 is 0.677 bits per heavy atom. The van der Waals surface area contributed by atoms with E-state index in [2.05, 4.69) is 99.3 Å². The molecule has 1 heteroatoms. The SMILES string of the molecule is Cc1cc2c(cc1C13CCC(C)(CC1)N(c1ccccc1)C3)-c1ccccc1C2(C)C. The second-order valence-electron chi connectivity index (χ2n) is 11.1. The van der Waals surface area contributed by atoms with Crippen molar-refractivity contribution in [3.63, 3.8) is 0 Å². The van der Waals surface area contributed by atoms with Gasteiger partial charge in [-0.1, -0.05) is 62.4 Å². The summed E-state index contributed by atoms with van der Waals surface area (Å²) in [4.78, 5) is 2.73. The number of aryl methyl sites for hydroxylation is 1. The molecule has 2 heterocycles. The molecule has 0 radical (unpaired) electrons. The van der Waals surface area contributed by atoms with E-state index in [0.29, 0.717) is 5.54 Å². The quantitative estimate of drug-likeness (QED) is 0.428. The van der Waals surface area contributed by atoms with Gasteiger partial charge in [-0.15, -0.1) is 0 Å². The maximum absolute atomic E-state index is 2.73. The van der Waals surface area contributed by atoms with E-state index in [1.165, 1.54) is 59.2 Å².